The largest absolute Gasteiger partial charge is 0.472 e. The summed E-state index contributed by atoms with van der Waals surface area (Å²) in [7, 11) is 0. The van der Waals surface area contributed by atoms with Gasteiger partial charge in [0.25, 0.3) is 0 Å². The average molecular weight is 357 g/mol. The Morgan fingerprint density at radius 2 is 2.23 bits per heavy atom. The molecule has 3 aromatic rings. The van der Waals surface area contributed by atoms with Crippen LogP contribution in [0.2, 0.25) is 0 Å². The molecule has 4 heterocycles. The lowest BCUT2D eigenvalue weighted by Gasteiger charge is -2.14. The van der Waals surface area contributed by atoms with Crippen LogP contribution in [0, 0.1) is 5.92 Å². The van der Waals surface area contributed by atoms with Crippen LogP contribution in [0.4, 0.5) is 0 Å². The molecule has 0 bridgehead atoms. The summed E-state index contributed by atoms with van der Waals surface area (Å²) in [5, 5.41) is 18.3. The summed E-state index contributed by atoms with van der Waals surface area (Å²) in [6, 6.07) is 2.13. The van der Waals surface area contributed by atoms with Crippen molar-refractivity contribution in [2.45, 2.75) is 32.4 Å². The van der Waals surface area contributed by atoms with Crippen LogP contribution in [0.5, 0.6) is 0 Å². The SMILES string of the molecule is CC(C)n1cc([C@@H]2CN(Cc3nc(-c4ccoc4)no3)C[C@H]2CO)cn1. The van der Waals surface area contributed by atoms with Crippen LogP contribution in [0.15, 0.2) is 39.9 Å². The van der Waals surface area contributed by atoms with Crippen molar-refractivity contribution in [1.82, 2.24) is 24.8 Å². The fourth-order valence-electron chi connectivity index (χ4n) is 3.50. The number of likely N-dealkylation sites (tertiary alicyclic amines) is 1. The number of hydrogen-bond donors (Lipinski definition) is 1. The molecule has 1 saturated heterocycles. The zero-order valence-corrected chi connectivity index (χ0v) is 14.9. The minimum Gasteiger partial charge on any atom is -0.472 e. The number of aliphatic hydroxyl groups excluding tert-OH is 1. The Morgan fingerprint density at radius 1 is 1.35 bits per heavy atom. The maximum absolute atomic E-state index is 9.81. The first kappa shape index (κ1) is 17.0. The molecule has 4 rings (SSSR count). The zero-order valence-electron chi connectivity index (χ0n) is 14.9. The minimum absolute atomic E-state index is 0.151. The van der Waals surface area contributed by atoms with Gasteiger partial charge in [-0.2, -0.15) is 10.1 Å². The van der Waals surface area contributed by atoms with Crippen molar-refractivity contribution in [2.75, 3.05) is 19.7 Å². The molecule has 1 N–H and O–H groups in total. The molecule has 138 valence electrons. The third-order valence-electron chi connectivity index (χ3n) is 4.94. The predicted molar refractivity (Wildman–Crippen MR) is 93.2 cm³/mol. The molecule has 8 nitrogen and oxygen atoms in total. The first-order chi connectivity index (χ1) is 12.6. The van der Waals surface area contributed by atoms with E-state index in [0.717, 1.165) is 18.7 Å². The van der Waals surface area contributed by atoms with E-state index in [1.165, 1.54) is 5.56 Å². The molecule has 0 aromatic carbocycles. The molecule has 8 heteroatoms. The summed E-state index contributed by atoms with van der Waals surface area (Å²) in [6.45, 7) is 6.55. The smallest absolute Gasteiger partial charge is 0.241 e. The molecule has 0 amide bonds. The fourth-order valence-corrected chi connectivity index (χ4v) is 3.50. The van der Waals surface area contributed by atoms with Crippen molar-refractivity contribution in [3.05, 3.63) is 42.4 Å². The highest BCUT2D eigenvalue weighted by Gasteiger charge is 2.35. The fraction of sp³-hybridized carbons (Fsp3) is 0.500. The first-order valence-electron chi connectivity index (χ1n) is 8.86. The van der Waals surface area contributed by atoms with Gasteiger partial charge in [0.05, 0.1) is 24.6 Å². The molecule has 2 atom stereocenters. The van der Waals surface area contributed by atoms with Gasteiger partial charge in [-0.15, -0.1) is 0 Å². The number of rotatable bonds is 6. The van der Waals surface area contributed by atoms with E-state index in [0.29, 0.717) is 24.3 Å². The van der Waals surface area contributed by atoms with Crippen molar-refractivity contribution < 1.29 is 14.0 Å². The molecule has 0 radical (unpaired) electrons. The number of furan rings is 1. The van der Waals surface area contributed by atoms with E-state index in [2.05, 4.69) is 40.2 Å². The van der Waals surface area contributed by atoms with Gasteiger partial charge in [0.2, 0.25) is 11.7 Å². The van der Waals surface area contributed by atoms with Crippen molar-refractivity contribution in [3.63, 3.8) is 0 Å². The maximum atomic E-state index is 9.81. The van der Waals surface area contributed by atoms with E-state index in [4.69, 9.17) is 8.94 Å². The summed E-state index contributed by atoms with van der Waals surface area (Å²) in [5.74, 6) is 1.53. The van der Waals surface area contributed by atoms with Gasteiger partial charge in [0.15, 0.2) is 0 Å². The van der Waals surface area contributed by atoms with Gasteiger partial charge in [0, 0.05) is 43.8 Å². The third-order valence-corrected chi connectivity index (χ3v) is 4.94. The predicted octanol–water partition coefficient (Wildman–Crippen LogP) is 2.31. The summed E-state index contributed by atoms with van der Waals surface area (Å²) in [5.41, 5.74) is 1.97. The summed E-state index contributed by atoms with van der Waals surface area (Å²) in [4.78, 5) is 6.67. The van der Waals surface area contributed by atoms with Crippen LogP contribution in [-0.2, 0) is 6.54 Å². The summed E-state index contributed by atoms with van der Waals surface area (Å²) < 4.78 is 12.4. The summed E-state index contributed by atoms with van der Waals surface area (Å²) >= 11 is 0. The van der Waals surface area contributed by atoms with Crippen LogP contribution >= 0.6 is 0 Å². The monoisotopic (exact) mass is 357 g/mol. The number of nitrogens with zero attached hydrogens (tertiary/aromatic N) is 5. The highest BCUT2D eigenvalue weighted by atomic mass is 16.5. The molecule has 1 fully saturated rings. The lowest BCUT2D eigenvalue weighted by Crippen LogP contribution is -2.21. The van der Waals surface area contributed by atoms with Crippen molar-refractivity contribution in [2.24, 2.45) is 5.92 Å². The van der Waals surface area contributed by atoms with Gasteiger partial charge in [-0.25, -0.2) is 0 Å². The van der Waals surface area contributed by atoms with E-state index < -0.39 is 0 Å². The Bertz CT molecular complexity index is 839. The lowest BCUT2D eigenvalue weighted by atomic mass is 9.92. The maximum Gasteiger partial charge on any atom is 0.241 e. The molecule has 3 aromatic heterocycles. The highest BCUT2D eigenvalue weighted by Crippen LogP contribution is 2.33. The van der Waals surface area contributed by atoms with E-state index in [1.54, 1.807) is 18.6 Å². The zero-order chi connectivity index (χ0) is 18.1. The van der Waals surface area contributed by atoms with Gasteiger partial charge in [-0.1, -0.05) is 5.16 Å². The Hall–Kier alpha value is -2.45. The molecular weight excluding hydrogens is 334 g/mol. The van der Waals surface area contributed by atoms with E-state index >= 15 is 0 Å². The van der Waals surface area contributed by atoms with Crippen molar-refractivity contribution >= 4 is 0 Å². The minimum atomic E-state index is 0.151. The second-order valence-electron chi connectivity index (χ2n) is 7.11. The number of aliphatic hydroxyl groups is 1. The van der Waals surface area contributed by atoms with Crippen LogP contribution < -0.4 is 0 Å². The second kappa shape index (κ2) is 7.05. The topological polar surface area (TPSA) is 93.4 Å². The van der Waals surface area contributed by atoms with Crippen molar-refractivity contribution in [1.29, 1.82) is 0 Å². The molecule has 0 aliphatic carbocycles. The molecule has 26 heavy (non-hydrogen) atoms. The van der Waals surface area contributed by atoms with Crippen LogP contribution in [-0.4, -0.2) is 49.6 Å². The normalized spacial score (nSPS) is 21.1. The first-order valence-corrected chi connectivity index (χ1v) is 8.86. The average Bonchev–Trinajstić information content (AvgIpc) is 3.40. The molecule has 0 saturated carbocycles. The van der Waals surface area contributed by atoms with Crippen molar-refractivity contribution in [3.8, 4) is 11.4 Å². The van der Waals surface area contributed by atoms with E-state index in [9.17, 15) is 5.11 Å². The molecule has 0 unspecified atom stereocenters. The molecular formula is C18H23N5O3. The van der Waals surface area contributed by atoms with Gasteiger partial charge in [-0.05, 0) is 25.5 Å². The van der Waals surface area contributed by atoms with Crippen LogP contribution in [0.25, 0.3) is 11.4 Å². The van der Waals surface area contributed by atoms with E-state index in [-0.39, 0.29) is 18.4 Å². The molecule has 1 aliphatic rings. The standard InChI is InChI=1S/C18H23N5O3/c1-12(2)23-7-14(5-19-23)16-8-22(6-15(16)10-24)9-17-20-18(21-26-17)13-3-4-25-11-13/h3-5,7,11-12,15-16,24H,6,8-10H2,1-2H3/t15-,16-/m0/s1. The Morgan fingerprint density at radius 3 is 2.92 bits per heavy atom. The van der Waals surface area contributed by atoms with Gasteiger partial charge in [-0.3, -0.25) is 9.58 Å². The Kier molecular flexibility index (Phi) is 4.60. The van der Waals surface area contributed by atoms with Gasteiger partial charge < -0.3 is 14.0 Å². The molecule has 0 spiro atoms. The van der Waals surface area contributed by atoms with E-state index in [1.807, 2.05) is 10.9 Å². The second-order valence-corrected chi connectivity index (χ2v) is 7.11. The lowest BCUT2D eigenvalue weighted by molar-refractivity contribution is 0.207. The summed E-state index contributed by atoms with van der Waals surface area (Å²) in [6.07, 6.45) is 7.18. The van der Waals surface area contributed by atoms with Gasteiger partial charge in [0.1, 0.15) is 6.26 Å². The van der Waals surface area contributed by atoms with Crippen LogP contribution in [0.1, 0.15) is 37.3 Å². The number of aromatic nitrogens is 4. The quantitative estimate of drug-likeness (QED) is 0.723. The Balaban J connectivity index is 1.45. The third kappa shape index (κ3) is 3.30. The Labute approximate surface area is 151 Å². The molecule has 1 aliphatic heterocycles. The van der Waals surface area contributed by atoms with Crippen LogP contribution in [0.3, 0.4) is 0 Å². The highest BCUT2D eigenvalue weighted by molar-refractivity contribution is 5.51. The van der Waals surface area contributed by atoms with Gasteiger partial charge >= 0.3 is 0 Å². The number of hydrogen-bond acceptors (Lipinski definition) is 7.